The molecule has 1 aliphatic heterocycles. The van der Waals surface area contributed by atoms with Crippen molar-refractivity contribution in [2.24, 2.45) is 0 Å². The van der Waals surface area contributed by atoms with E-state index in [2.05, 4.69) is 20.6 Å². The second-order valence-electron chi connectivity index (χ2n) is 8.40. The average Bonchev–Trinajstić information content (AvgIpc) is 2.95. The maximum Gasteiger partial charge on any atom is 0.319 e. The maximum absolute atomic E-state index is 13.1. The predicted molar refractivity (Wildman–Crippen MR) is 117 cm³/mol. The van der Waals surface area contributed by atoms with Crippen LogP contribution in [-0.4, -0.2) is 44.6 Å². The standard InChI is InChI=1S/C21H25F2N5O2.H2S/c1-20(2)15-10-24-18(25-14-8-21(22,23)9-14)26-16(15)11-28(20)19(30)27-17(12-29)13-6-4-3-5-7-13;/h3-7,10,14,17,29H,8-9,11-12H2,1-2H3,(H,27,30)(H,24,25,26);1H2/t17-;/m1./s1. The smallest absolute Gasteiger partial charge is 0.319 e. The molecule has 2 aliphatic rings. The van der Waals surface area contributed by atoms with Crippen LogP contribution in [0.3, 0.4) is 0 Å². The Labute approximate surface area is 186 Å². The molecule has 4 rings (SSSR count). The second-order valence-corrected chi connectivity index (χ2v) is 8.40. The Morgan fingerprint density at radius 3 is 2.58 bits per heavy atom. The number of amides is 2. The summed E-state index contributed by atoms with van der Waals surface area (Å²) in [6, 6.07) is 8.06. The first-order chi connectivity index (χ1) is 14.2. The van der Waals surface area contributed by atoms with Crippen molar-refractivity contribution in [3.05, 3.63) is 53.3 Å². The SMILES string of the molecule is CC1(C)c2cnc(NC3CC(F)(F)C3)nc2CN1C(=O)N[C@H](CO)c1ccccc1.S. The first-order valence-corrected chi connectivity index (χ1v) is 9.94. The van der Waals surface area contributed by atoms with Gasteiger partial charge in [0.2, 0.25) is 5.95 Å². The lowest BCUT2D eigenvalue weighted by Crippen LogP contribution is -2.47. The molecule has 1 aromatic carbocycles. The van der Waals surface area contributed by atoms with Crippen molar-refractivity contribution in [2.75, 3.05) is 11.9 Å². The molecule has 1 atom stereocenters. The van der Waals surface area contributed by atoms with Crippen LogP contribution in [0.25, 0.3) is 0 Å². The van der Waals surface area contributed by atoms with E-state index in [0.29, 0.717) is 11.6 Å². The summed E-state index contributed by atoms with van der Waals surface area (Å²) < 4.78 is 26.1. The molecule has 168 valence electrons. The number of rotatable bonds is 5. The number of fused-ring (bicyclic) bond motifs is 1. The van der Waals surface area contributed by atoms with E-state index < -0.39 is 17.5 Å². The van der Waals surface area contributed by atoms with Gasteiger partial charge in [-0.3, -0.25) is 0 Å². The van der Waals surface area contributed by atoms with Crippen molar-refractivity contribution in [1.29, 1.82) is 0 Å². The monoisotopic (exact) mass is 451 g/mol. The van der Waals surface area contributed by atoms with E-state index in [9.17, 15) is 18.7 Å². The molecule has 0 bridgehead atoms. The second kappa shape index (κ2) is 8.58. The number of nitrogens with zero attached hydrogens (tertiary/aromatic N) is 3. The van der Waals surface area contributed by atoms with Gasteiger partial charge in [0, 0.05) is 30.6 Å². The van der Waals surface area contributed by atoms with Gasteiger partial charge in [-0.1, -0.05) is 30.3 Å². The fraction of sp³-hybridized carbons (Fsp3) is 0.476. The van der Waals surface area contributed by atoms with Gasteiger partial charge in [0.1, 0.15) is 0 Å². The molecule has 1 fully saturated rings. The summed E-state index contributed by atoms with van der Waals surface area (Å²) in [5, 5.41) is 15.6. The summed E-state index contributed by atoms with van der Waals surface area (Å²) in [5.74, 6) is -2.32. The van der Waals surface area contributed by atoms with Crippen molar-refractivity contribution >= 4 is 25.5 Å². The Bertz CT molecular complexity index is 937. The number of aliphatic hydroxyl groups excluding tert-OH is 1. The van der Waals surface area contributed by atoms with Gasteiger partial charge < -0.3 is 20.6 Å². The molecular weight excluding hydrogens is 424 g/mol. The van der Waals surface area contributed by atoms with Gasteiger partial charge in [0.15, 0.2) is 0 Å². The molecule has 2 heterocycles. The molecule has 1 saturated carbocycles. The Kier molecular flexibility index (Phi) is 6.43. The number of hydrogen-bond donors (Lipinski definition) is 3. The lowest BCUT2D eigenvalue weighted by molar-refractivity contribution is -0.0794. The number of hydrogen-bond acceptors (Lipinski definition) is 5. The largest absolute Gasteiger partial charge is 0.394 e. The highest BCUT2D eigenvalue weighted by molar-refractivity contribution is 7.59. The van der Waals surface area contributed by atoms with Crippen molar-refractivity contribution in [2.45, 2.75) is 56.8 Å². The van der Waals surface area contributed by atoms with Gasteiger partial charge in [-0.25, -0.2) is 23.5 Å². The molecule has 7 nitrogen and oxygen atoms in total. The molecule has 0 spiro atoms. The van der Waals surface area contributed by atoms with Crippen molar-refractivity contribution < 1.29 is 18.7 Å². The fourth-order valence-electron chi connectivity index (χ4n) is 4.03. The van der Waals surface area contributed by atoms with Crippen LogP contribution in [0.5, 0.6) is 0 Å². The molecule has 2 aromatic rings. The number of nitrogens with one attached hydrogen (secondary N) is 2. The number of benzene rings is 1. The van der Waals surface area contributed by atoms with Crippen LogP contribution in [0.15, 0.2) is 36.5 Å². The predicted octanol–water partition coefficient (Wildman–Crippen LogP) is 3.29. The minimum absolute atomic E-state index is 0. The zero-order valence-corrected chi connectivity index (χ0v) is 18.4. The number of carbonyl (C=O) groups excluding carboxylic acids is 1. The molecule has 0 unspecified atom stereocenters. The minimum Gasteiger partial charge on any atom is -0.394 e. The lowest BCUT2D eigenvalue weighted by atomic mass is 9.88. The number of aromatic nitrogens is 2. The van der Waals surface area contributed by atoms with E-state index in [0.717, 1.165) is 11.1 Å². The molecule has 10 heteroatoms. The van der Waals surface area contributed by atoms with E-state index >= 15 is 0 Å². The third-order valence-electron chi connectivity index (χ3n) is 5.86. The Morgan fingerprint density at radius 2 is 1.97 bits per heavy atom. The third kappa shape index (κ3) is 4.59. The Balaban J connectivity index is 0.00000272. The zero-order valence-electron chi connectivity index (χ0n) is 17.4. The molecule has 3 N–H and O–H groups in total. The summed E-state index contributed by atoms with van der Waals surface area (Å²) in [6.07, 6.45) is 1.19. The summed E-state index contributed by atoms with van der Waals surface area (Å²) in [6.45, 7) is 3.84. The highest BCUT2D eigenvalue weighted by Gasteiger charge is 2.46. The van der Waals surface area contributed by atoms with Gasteiger partial charge in [-0.15, -0.1) is 0 Å². The molecule has 0 saturated heterocycles. The Morgan fingerprint density at radius 1 is 1.29 bits per heavy atom. The number of aliphatic hydroxyl groups is 1. The van der Waals surface area contributed by atoms with Crippen LogP contribution < -0.4 is 10.6 Å². The molecule has 0 radical (unpaired) electrons. The van der Waals surface area contributed by atoms with E-state index in [1.165, 1.54) is 0 Å². The molecule has 1 aromatic heterocycles. The lowest BCUT2D eigenvalue weighted by Gasteiger charge is -2.35. The molecule has 1 aliphatic carbocycles. The van der Waals surface area contributed by atoms with E-state index in [1.54, 1.807) is 11.1 Å². The van der Waals surface area contributed by atoms with E-state index in [1.807, 2.05) is 44.2 Å². The van der Waals surface area contributed by atoms with E-state index in [4.69, 9.17) is 0 Å². The first-order valence-electron chi connectivity index (χ1n) is 9.94. The quantitative estimate of drug-likeness (QED) is 0.649. The molecule has 31 heavy (non-hydrogen) atoms. The summed E-state index contributed by atoms with van der Waals surface area (Å²) in [7, 11) is 0. The molecular formula is C21H27F2N5O2S. The number of urea groups is 1. The summed E-state index contributed by atoms with van der Waals surface area (Å²) in [4.78, 5) is 23.4. The summed E-state index contributed by atoms with van der Waals surface area (Å²) in [5.41, 5.74) is 1.64. The number of alkyl halides is 2. The van der Waals surface area contributed by atoms with Gasteiger partial charge >= 0.3 is 6.03 Å². The van der Waals surface area contributed by atoms with Crippen LogP contribution >= 0.6 is 13.5 Å². The van der Waals surface area contributed by atoms with Gasteiger partial charge in [0.25, 0.3) is 5.92 Å². The zero-order chi connectivity index (χ0) is 21.5. The van der Waals surface area contributed by atoms with Gasteiger partial charge in [-0.05, 0) is 19.4 Å². The third-order valence-corrected chi connectivity index (χ3v) is 5.86. The Hall–Kier alpha value is -2.46. The van der Waals surface area contributed by atoms with Crippen LogP contribution in [-0.2, 0) is 12.1 Å². The maximum atomic E-state index is 13.1. The van der Waals surface area contributed by atoms with E-state index in [-0.39, 0.29) is 51.6 Å². The van der Waals surface area contributed by atoms with Crippen molar-refractivity contribution in [3.63, 3.8) is 0 Å². The fourth-order valence-corrected chi connectivity index (χ4v) is 4.03. The topological polar surface area (TPSA) is 90.4 Å². The highest BCUT2D eigenvalue weighted by Crippen LogP contribution is 2.40. The molecule has 2 amide bonds. The van der Waals surface area contributed by atoms with Crippen LogP contribution in [0.4, 0.5) is 19.5 Å². The van der Waals surface area contributed by atoms with Gasteiger partial charge in [-0.2, -0.15) is 13.5 Å². The highest BCUT2D eigenvalue weighted by atomic mass is 32.1. The minimum atomic E-state index is -2.62. The average molecular weight is 452 g/mol. The van der Waals surface area contributed by atoms with Gasteiger partial charge in [0.05, 0.1) is 30.4 Å². The first kappa shape index (κ1) is 23.2. The number of carbonyl (C=O) groups is 1. The number of halogens is 2. The van der Waals surface area contributed by atoms with Crippen LogP contribution in [0.1, 0.15) is 49.6 Å². The van der Waals surface area contributed by atoms with Crippen molar-refractivity contribution in [1.82, 2.24) is 20.2 Å². The summed E-state index contributed by atoms with van der Waals surface area (Å²) >= 11 is 0. The van der Waals surface area contributed by atoms with Crippen molar-refractivity contribution in [3.8, 4) is 0 Å². The number of anilines is 1. The normalized spacial score (nSPS) is 19.6. The van der Waals surface area contributed by atoms with Crippen LogP contribution in [0, 0.1) is 0 Å². The van der Waals surface area contributed by atoms with Crippen LogP contribution in [0.2, 0.25) is 0 Å².